The zero-order chi connectivity index (χ0) is 9.68. The van der Waals surface area contributed by atoms with E-state index in [1.54, 1.807) is 7.11 Å². The van der Waals surface area contributed by atoms with Gasteiger partial charge in [-0.2, -0.15) is 0 Å². The number of methoxy groups -OCH3 is 1. The molecule has 0 amide bonds. The second-order valence-electron chi connectivity index (χ2n) is 4.04. The first-order valence-electron chi connectivity index (χ1n) is 5.16. The summed E-state index contributed by atoms with van der Waals surface area (Å²) in [4.78, 5) is 2.44. The third-order valence-electron chi connectivity index (χ3n) is 2.79. The van der Waals surface area contributed by atoms with Crippen LogP contribution in [0.4, 0.5) is 0 Å². The molecule has 2 unspecified atom stereocenters. The Labute approximate surface area is 81.4 Å². The van der Waals surface area contributed by atoms with Crippen molar-refractivity contribution in [3.63, 3.8) is 0 Å². The van der Waals surface area contributed by atoms with E-state index >= 15 is 0 Å². The molecule has 0 aliphatic carbocycles. The minimum Gasteiger partial charge on any atom is -0.383 e. The van der Waals surface area contributed by atoms with Gasteiger partial charge in [0, 0.05) is 25.7 Å². The van der Waals surface area contributed by atoms with Crippen molar-refractivity contribution in [1.82, 2.24) is 10.2 Å². The maximum atomic E-state index is 5.07. The van der Waals surface area contributed by atoms with E-state index in [4.69, 9.17) is 4.74 Å². The lowest BCUT2D eigenvalue weighted by Gasteiger charge is -2.22. The van der Waals surface area contributed by atoms with E-state index in [9.17, 15) is 0 Å². The van der Waals surface area contributed by atoms with Crippen molar-refractivity contribution in [3.05, 3.63) is 0 Å². The van der Waals surface area contributed by atoms with E-state index in [1.165, 1.54) is 19.4 Å². The molecule has 3 nitrogen and oxygen atoms in total. The molecule has 0 spiro atoms. The van der Waals surface area contributed by atoms with Crippen LogP contribution in [-0.4, -0.2) is 50.8 Å². The highest BCUT2D eigenvalue weighted by Gasteiger charge is 2.20. The van der Waals surface area contributed by atoms with Crippen LogP contribution in [0.2, 0.25) is 0 Å². The van der Waals surface area contributed by atoms with Crippen molar-refractivity contribution in [2.75, 3.05) is 33.9 Å². The van der Waals surface area contributed by atoms with E-state index in [2.05, 4.69) is 24.2 Å². The second kappa shape index (κ2) is 5.58. The molecule has 1 aliphatic heterocycles. The third-order valence-corrected chi connectivity index (χ3v) is 2.79. The normalized spacial score (nSPS) is 26.5. The summed E-state index contributed by atoms with van der Waals surface area (Å²) in [5.74, 6) is 0. The zero-order valence-corrected chi connectivity index (χ0v) is 9.05. The lowest BCUT2D eigenvalue weighted by molar-refractivity contribution is 0.167. The highest BCUT2D eigenvalue weighted by Crippen LogP contribution is 2.13. The van der Waals surface area contributed by atoms with Gasteiger partial charge in [0.1, 0.15) is 0 Å². The van der Waals surface area contributed by atoms with Gasteiger partial charge in [0.15, 0.2) is 0 Å². The molecule has 0 aromatic carbocycles. The van der Waals surface area contributed by atoms with Crippen molar-refractivity contribution >= 4 is 0 Å². The fourth-order valence-electron chi connectivity index (χ4n) is 1.88. The molecule has 1 heterocycles. The molecule has 1 aliphatic rings. The van der Waals surface area contributed by atoms with Gasteiger partial charge in [0.05, 0.1) is 6.61 Å². The molecule has 1 rings (SSSR count). The molecule has 2 atom stereocenters. The molecule has 0 radical (unpaired) electrons. The van der Waals surface area contributed by atoms with Gasteiger partial charge >= 0.3 is 0 Å². The monoisotopic (exact) mass is 186 g/mol. The number of nitrogens with zero attached hydrogens (tertiary/aromatic N) is 1. The molecule has 0 bridgehead atoms. The first-order chi connectivity index (χ1) is 6.24. The number of likely N-dealkylation sites (N-methyl/N-ethyl adjacent to an activating group) is 1. The second-order valence-corrected chi connectivity index (χ2v) is 4.04. The Kier molecular flexibility index (Phi) is 4.70. The van der Waals surface area contributed by atoms with Crippen LogP contribution in [0.5, 0.6) is 0 Å². The van der Waals surface area contributed by atoms with Crippen LogP contribution in [0.15, 0.2) is 0 Å². The van der Waals surface area contributed by atoms with E-state index in [0.717, 1.165) is 19.2 Å². The largest absolute Gasteiger partial charge is 0.383 e. The molecular formula is C10H22N2O. The Morgan fingerprint density at radius 1 is 1.62 bits per heavy atom. The molecule has 78 valence electrons. The van der Waals surface area contributed by atoms with Crippen LogP contribution in [0, 0.1) is 0 Å². The number of likely N-dealkylation sites (tertiary alicyclic amines) is 1. The summed E-state index contributed by atoms with van der Waals surface area (Å²) in [6, 6.07) is 1.21. The molecule has 0 aromatic rings. The smallest absolute Gasteiger partial charge is 0.0613 e. The predicted octanol–water partition coefficient (Wildman–Crippen LogP) is 0.705. The zero-order valence-electron chi connectivity index (χ0n) is 9.05. The predicted molar refractivity (Wildman–Crippen MR) is 55.0 cm³/mol. The standard InChI is InChI=1S/C10H22N2O/c1-9(8-13-3)11-7-10-5-4-6-12(10)2/h9-11H,4-8H2,1-3H3. The van der Waals surface area contributed by atoms with Crippen molar-refractivity contribution < 1.29 is 4.74 Å². The summed E-state index contributed by atoms with van der Waals surface area (Å²) in [7, 11) is 3.96. The van der Waals surface area contributed by atoms with Gasteiger partial charge in [-0.3, -0.25) is 0 Å². The Hall–Kier alpha value is -0.120. The van der Waals surface area contributed by atoms with Crippen LogP contribution < -0.4 is 5.32 Å². The molecule has 13 heavy (non-hydrogen) atoms. The molecular weight excluding hydrogens is 164 g/mol. The molecule has 1 N–H and O–H groups in total. The Morgan fingerprint density at radius 2 is 2.38 bits per heavy atom. The quantitative estimate of drug-likeness (QED) is 0.684. The van der Waals surface area contributed by atoms with Crippen molar-refractivity contribution in [2.24, 2.45) is 0 Å². The summed E-state index contributed by atoms with van der Waals surface area (Å²) in [6.45, 7) is 5.32. The molecule has 3 heteroatoms. The number of nitrogens with one attached hydrogen (secondary N) is 1. The maximum absolute atomic E-state index is 5.07. The fraction of sp³-hybridized carbons (Fsp3) is 1.00. The van der Waals surface area contributed by atoms with Crippen LogP contribution >= 0.6 is 0 Å². The minimum atomic E-state index is 0.471. The van der Waals surface area contributed by atoms with Crippen LogP contribution in [0.3, 0.4) is 0 Å². The first kappa shape index (κ1) is 11.0. The average molecular weight is 186 g/mol. The minimum absolute atomic E-state index is 0.471. The first-order valence-corrected chi connectivity index (χ1v) is 5.16. The highest BCUT2D eigenvalue weighted by atomic mass is 16.5. The van der Waals surface area contributed by atoms with Crippen molar-refractivity contribution in [3.8, 4) is 0 Å². The SMILES string of the molecule is COCC(C)NCC1CCCN1C. The highest BCUT2D eigenvalue weighted by molar-refractivity contribution is 4.79. The Balaban J connectivity index is 2.10. The van der Waals surface area contributed by atoms with Crippen molar-refractivity contribution in [1.29, 1.82) is 0 Å². The van der Waals surface area contributed by atoms with Crippen LogP contribution in [0.25, 0.3) is 0 Å². The van der Waals surface area contributed by atoms with Crippen LogP contribution in [-0.2, 0) is 4.74 Å². The Morgan fingerprint density at radius 3 is 2.92 bits per heavy atom. The van der Waals surface area contributed by atoms with Gasteiger partial charge in [-0.1, -0.05) is 0 Å². The lowest BCUT2D eigenvalue weighted by atomic mass is 10.2. The number of hydrogen-bond acceptors (Lipinski definition) is 3. The molecule has 1 saturated heterocycles. The topological polar surface area (TPSA) is 24.5 Å². The lowest BCUT2D eigenvalue weighted by Crippen LogP contribution is -2.40. The van der Waals surface area contributed by atoms with Gasteiger partial charge in [-0.15, -0.1) is 0 Å². The average Bonchev–Trinajstić information content (AvgIpc) is 2.48. The number of ether oxygens (including phenoxy) is 1. The number of hydrogen-bond donors (Lipinski definition) is 1. The van der Waals surface area contributed by atoms with Gasteiger partial charge in [-0.25, -0.2) is 0 Å². The van der Waals surface area contributed by atoms with Crippen LogP contribution in [0.1, 0.15) is 19.8 Å². The van der Waals surface area contributed by atoms with E-state index < -0.39 is 0 Å². The molecule has 0 saturated carbocycles. The maximum Gasteiger partial charge on any atom is 0.0613 e. The van der Waals surface area contributed by atoms with Gasteiger partial charge < -0.3 is 15.0 Å². The van der Waals surface area contributed by atoms with Gasteiger partial charge in [0.2, 0.25) is 0 Å². The molecule has 0 aromatic heterocycles. The fourth-order valence-corrected chi connectivity index (χ4v) is 1.88. The van der Waals surface area contributed by atoms with Gasteiger partial charge in [-0.05, 0) is 33.4 Å². The Bertz CT molecular complexity index is 141. The summed E-state index contributed by atoms with van der Waals surface area (Å²) in [5, 5.41) is 3.49. The third kappa shape index (κ3) is 3.63. The summed E-state index contributed by atoms with van der Waals surface area (Å²) >= 11 is 0. The number of rotatable bonds is 5. The van der Waals surface area contributed by atoms with E-state index in [1.807, 2.05) is 0 Å². The van der Waals surface area contributed by atoms with E-state index in [-0.39, 0.29) is 0 Å². The van der Waals surface area contributed by atoms with Crippen molar-refractivity contribution in [2.45, 2.75) is 31.8 Å². The summed E-state index contributed by atoms with van der Waals surface area (Å²) < 4.78 is 5.07. The summed E-state index contributed by atoms with van der Waals surface area (Å²) in [5.41, 5.74) is 0. The van der Waals surface area contributed by atoms with Gasteiger partial charge in [0.25, 0.3) is 0 Å². The summed E-state index contributed by atoms with van der Waals surface area (Å²) in [6.07, 6.45) is 2.69. The molecule has 1 fully saturated rings. The van der Waals surface area contributed by atoms with E-state index in [0.29, 0.717) is 6.04 Å².